The maximum atomic E-state index is 13.0. The molecule has 1 amide bonds. The van der Waals surface area contributed by atoms with Gasteiger partial charge in [0.25, 0.3) is 5.91 Å². The molecule has 0 aliphatic carbocycles. The van der Waals surface area contributed by atoms with Crippen LogP contribution in [0.15, 0.2) is 36.8 Å². The molecule has 1 aliphatic rings. The number of piperazine rings is 1. The summed E-state index contributed by atoms with van der Waals surface area (Å²) in [5.74, 6) is -0.917. The summed E-state index contributed by atoms with van der Waals surface area (Å²) in [4.78, 5) is 30.5. The van der Waals surface area contributed by atoms with Gasteiger partial charge in [-0.2, -0.15) is 13.8 Å². The van der Waals surface area contributed by atoms with Gasteiger partial charge in [0.15, 0.2) is 10.5 Å². The highest BCUT2D eigenvalue weighted by molar-refractivity contribution is 7.17. The molecule has 0 unspecified atom stereocenters. The lowest BCUT2D eigenvalue weighted by Gasteiger charge is -2.32. The number of ether oxygens (including phenoxy) is 2. The van der Waals surface area contributed by atoms with E-state index in [0.717, 1.165) is 43.2 Å². The Balaban J connectivity index is 1.43. The van der Waals surface area contributed by atoms with Crippen molar-refractivity contribution in [1.82, 2.24) is 29.2 Å². The van der Waals surface area contributed by atoms with Crippen LogP contribution in [0.1, 0.15) is 39.5 Å². The van der Waals surface area contributed by atoms with E-state index in [4.69, 9.17) is 10.5 Å². The third-order valence-electron chi connectivity index (χ3n) is 6.67. The van der Waals surface area contributed by atoms with Crippen LogP contribution in [0, 0.1) is 0 Å². The topological polar surface area (TPSA) is 131 Å². The number of carbonyl (C=O) groups is 1. The third kappa shape index (κ3) is 6.04. The molecule has 212 valence electrons. The van der Waals surface area contributed by atoms with Crippen LogP contribution in [0.4, 0.5) is 8.78 Å². The summed E-state index contributed by atoms with van der Waals surface area (Å²) in [7, 11) is 2.11. The van der Waals surface area contributed by atoms with Crippen molar-refractivity contribution < 1.29 is 28.2 Å². The first kappa shape index (κ1) is 27.8. The summed E-state index contributed by atoms with van der Waals surface area (Å²) in [5.41, 5.74) is 8.43. The average molecular weight is 574 g/mol. The maximum absolute atomic E-state index is 13.0. The zero-order chi connectivity index (χ0) is 28.4. The van der Waals surface area contributed by atoms with Crippen molar-refractivity contribution in [2.24, 2.45) is 5.73 Å². The third-order valence-corrected chi connectivity index (χ3v) is 7.75. The molecule has 40 heavy (non-hydrogen) atoms. The van der Waals surface area contributed by atoms with Crippen molar-refractivity contribution in [3.63, 3.8) is 0 Å². The molecule has 1 saturated heterocycles. The smallest absolute Gasteiger partial charge is 0.387 e. The van der Waals surface area contributed by atoms with Gasteiger partial charge in [0.2, 0.25) is 5.88 Å². The second-order valence-corrected chi connectivity index (χ2v) is 10.5. The van der Waals surface area contributed by atoms with Crippen molar-refractivity contribution in [2.75, 3.05) is 33.2 Å². The Morgan fingerprint density at radius 1 is 1.18 bits per heavy atom. The second-order valence-electron chi connectivity index (χ2n) is 9.52. The fourth-order valence-electron chi connectivity index (χ4n) is 4.50. The van der Waals surface area contributed by atoms with Gasteiger partial charge in [0, 0.05) is 44.5 Å². The van der Waals surface area contributed by atoms with E-state index < -0.39 is 18.6 Å². The minimum atomic E-state index is -3.07. The number of thiazole rings is 1. The normalized spacial score (nSPS) is 15.6. The summed E-state index contributed by atoms with van der Waals surface area (Å²) in [6.07, 6.45) is 4.39. The van der Waals surface area contributed by atoms with Crippen LogP contribution >= 0.6 is 11.3 Å². The van der Waals surface area contributed by atoms with Gasteiger partial charge in [-0.25, -0.2) is 4.98 Å². The number of carbonyl (C=O) groups excluding carboxylic acids is 1. The minimum Gasteiger partial charge on any atom is -0.468 e. The number of hydrogen-bond donors (Lipinski definition) is 2. The van der Waals surface area contributed by atoms with Crippen LogP contribution in [-0.2, 0) is 13.2 Å². The maximum Gasteiger partial charge on any atom is 0.387 e. The Morgan fingerprint density at radius 3 is 2.65 bits per heavy atom. The van der Waals surface area contributed by atoms with E-state index >= 15 is 0 Å². The monoisotopic (exact) mass is 573 g/mol. The summed E-state index contributed by atoms with van der Waals surface area (Å²) in [6.45, 7) is 2.78. The standard InChI is InChI=1S/C26H29F2N7O4S/c1-15(18-4-3-16(14-36)9-20(18)39-26(27)28)38-24-22(23(29)37)40-25(32-24)19-10-31-21-11-30-17(13-35(19)21)12-34-7-5-33(2)6-8-34/h3-4,9-11,13,15,26,36H,5-8,12,14H2,1-2H3,(H2,29,37)/t15-/m1/s1. The molecule has 1 fully saturated rings. The zero-order valence-corrected chi connectivity index (χ0v) is 22.8. The van der Waals surface area contributed by atoms with E-state index in [1.807, 2.05) is 10.6 Å². The van der Waals surface area contributed by atoms with Gasteiger partial charge in [-0.15, -0.1) is 11.3 Å². The molecular weight excluding hydrogens is 544 g/mol. The number of hydrogen-bond acceptors (Lipinski definition) is 10. The fraction of sp³-hybridized carbons (Fsp3) is 0.385. The van der Waals surface area contributed by atoms with Crippen molar-refractivity contribution in [3.8, 4) is 22.3 Å². The van der Waals surface area contributed by atoms with E-state index in [1.54, 1.807) is 25.4 Å². The predicted octanol–water partition coefficient (Wildman–Crippen LogP) is 2.93. The first-order chi connectivity index (χ1) is 19.2. The van der Waals surface area contributed by atoms with Gasteiger partial charge in [-0.1, -0.05) is 12.1 Å². The number of nitrogens with two attached hydrogens (primary N) is 1. The lowest BCUT2D eigenvalue weighted by Crippen LogP contribution is -2.44. The Kier molecular flexibility index (Phi) is 8.21. The number of rotatable bonds is 10. The van der Waals surface area contributed by atoms with Gasteiger partial charge in [0.1, 0.15) is 22.6 Å². The van der Waals surface area contributed by atoms with E-state index in [0.29, 0.717) is 28.5 Å². The van der Waals surface area contributed by atoms with Crippen molar-refractivity contribution in [1.29, 1.82) is 0 Å². The van der Waals surface area contributed by atoms with Crippen molar-refractivity contribution >= 4 is 22.9 Å². The highest BCUT2D eigenvalue weighted by Crippen LogP contribution is 2.37. The number of aliphatic hydroxyl groups is 1. The largest absolute Gasteiger partial charge is 0.468 e. The molecule has 14 heteroatoms. The molecule has 0 radical (unpaired) electrons. The number of nitrogens with zero attached hydrogens (tertiary/aromatic N) is 6. The predicted molar refractivity (Wildman–Crippen MR) is 143 cm³/mol. The summed E-state index contributed by atoms with van der Waals surface area (Å²) in [6, 6.07) is 4.40. The Hall–Kier alpha value is -3.72. The van der Waals surface area contributed by atoms with Crippen LogP contribution in [0.2, 0.25) is 0 Å². The highest BCUT2D eigenvalue weighted by Gasteiger charge is 2.25. The number of imidazole rings is 1. The summed E-state index contributed by atoms with van der Waals surface area (Å²) < 4.78 is 38.6. The quantitative estimate of drug-likeness (QED) is 0.294. The highest BCUT2D eigenvalue weighted by atomic mass is 32.1. The number of amides is 1. The molecule has 0 saturated carbocycles. The molecule has 4 heterocycles. The number of fused-ring (bicyclic) bond motifs is 1. The van der Waals surface area contributed by atoms with Gasteiger partial charge >= 0.3 is 6.61 Å². The summed E-state index contributed by atoms with van der Waals surface area (Å²) in [5, 5.41) is 9.83. The molecule has 0 bridgehead atoms. The first-order valence-electron chi connectivity index (χ1n) is 12.6. The molecule has 0 spiro atoms. The minimum absolute atomic E-state index is 0.0316. The van der Waals surface area contributed by atoms with Crippen LogP contribution in [0.5, 0.6) is 11.6 Å². The molecule has 1 aromatic carbocycles. The number of primary amides is 1. The van der Waals surface area contributed by atoms with Gasteiger partial charge < -0.3 is 25.2 Å². The lowest BCUT2D eigenvalue weighted by atomic mass is 10.1. The van der Waals surface area contributed by atoms with Crippen LogP contribution < -0.4 is 15.2 Å². The number of alkyl halides is 2. The van der Waals surface area contributed by atoms with Gasteiger partial charge in [-0.3, -0.25) is 19.1 Å². The number of halogens is 2. The zero-order valence-electron chi connectivity index (χ0n) is 22.0. The molecule has 1 aliphatic heterocycles. The summed E-state index contributed by atoms with van der Waals surface area (Å²) >= 11 is 1.05. The number of aromatic nitrogens is 4. The number of aliphatic hydroxyl groups excluding tert-OH is 1. The molecule has 4 aromatic rings. The Labute approximate surface area is 232 Å². The van der Waals surface area contributed by atoms with Crippen LogP contribution in [0.25, 0.3) is 16.3 Å². The molecule has 1 atom stereocenters. The van der Waals surface area contributed by atoms with Crippen LogP contribution in [0.3, 0.4) is 0 Å². The molecular formula is C26H29F2N7O4S. The molecule has 5 rings (SSSR count). The van der Waals surface area contributed by atoms with E-state index in [1.165, 1.54) is 12.1 Å². The Morgan fingerprint density at radius 2 is 1.95 bits per heavy atom. The van der Waals surface area contributed by atoms with E-state index in [-0.39, 0.29) is 28.7 Å². The second kappa shape index (κ2) is 11.8. The number of benzene rings is 1. The van der Waals surface area contributed by atoms with E-state index in [2.05, 4.69) is 36.5 Å². The average Bonchev–Trinajstić information content (AvgIpc) is 3.53. The van der Waals surface area contributed by atoms with Gasteiger partial charge in [0.05, 0.1) is 24.7 Å². The molecule has 3 N–H and O–H groups in total. The van der Waals surface area contributed by atoms with Crippen molar-refractivity contribution in [2.45, 2.75) is 32.8 Å². The van der Waals surface area contributed by atoms with Crippen LogP contribution in [-0.4, -0.2) is 80.0 Å². The lowest BCUT2D eigenvalue weighted by molar-refractivity contribution is -0.0513. The van der Waals surface area contributed by atoms with Crippen molar-refractivity contribution in [3.05, 3.63) is 58.5 Å². The number of likely N-dealkylation sites (N-methyl/N-ethyl adjacent to an activating group) is 1. The Bertz CT molecular complexity index is 1500. The fourth-order valence-corrected chi connectivity index (χ4v) is 5.36. The first-order valence-corrected chi connectivity index (χ1v) is 13.4. The molecule has 11 nitrogen and oxygen atoms in total. The van der Waals surface area contributed by atoms with E-state index in [9.17, 15) is 18.7 Å². The van der Waals surface area contributed by atoms with Gasteiger partial charge in [-0.05, 0) is 25.6 Å². The molecule has 3 aromatic heterocycles. The SMILES string of the molecule is C[C@@H](Oc1nc(-c2cnc3cnc(CN4CCN(C)CC4)cn23)sc1C(N)=O)c1ccc(CO)cc1OC(F)F.